The first-order valence-corrected chi connectivity index (χ1v) is 12.0. The fourth-order valence-corrected chi connectivity index (χ4v) is 4.56. The Morgan fingerprint density at radius 1 is 1.06 bits per heavy atom. The fourth-order valence-electron chi connectivity index (χ4n) is 4.34. The van der Waals surface area contributed by atoms with Crippen LogP contribution in [0, 0.1) is 0 Å². The number of rotatable bonds is 6. The molecule has 1 fully saturated rings. The van der Waals surface area contributed by atoms with Crippen molar-refractivity contribution >= 4 is 34.3 Å². The Kier molecular flexibility index (Phi) is 6.68. The van der Waals surface area contributed by atoms with Crippen molar-refractivity contribution in [1.29, 1.82) is 0 Å². The van der Waals surface area contributed by atoms with Gasteiger partial charge in [0.2, 0.25) is 11.8 Å². The number of benzene rings is 2. The van der Waals surface area contributed by atoms with E-state index < -0.39 is 6.04 Å². The van der Waals surface area contributed by atoms with Crippen LogP contribution in [0.3, 0.4) is 0 Å². The quantitative estimate of drug-likeness (QED) is 0.409. The molecule has 178 valence electrons. The minimum atomic E-state index is -0.792. The smallest absolute Gasteiger partial charge is 0.252 e. The third-order valence-corrected chi connectivity index (χ3v) is 6.54. The SMILES string of the molecule is O=C(NC(C(=O)N1CCC(Oc2ccccn2)CC1)c1ccccc1)c1ccc2c(Cl)c[nH]c2c1. The third kappa shape index (κ3) is 5.15. The van der Waals surface area contributed by atoms with Crippen molar-refractivity contribution in [3.8, 4) is 5.88 Å². The number of piperidine rings is 1. The van der Waals surface area contributed by atoms with Gasteiger partial charge >= 0.3 is 0 Å². The van der Waals surface area contributed by atoms with Crippen molar-refractivity contribution in [2.75, 3.05) is 13.1 Å². The van der Waals surface area contributed by atoms with Gasteiger partial charge in [-0.15, -0.1) is 0 Å². The second kappa shape index (κ2) is 10.2. The number of ether oxygens (including phenoxy) is 1. The van der Waals surface area contributed by atoms with Gasteiger partial charge in [-0.3, -0.25) is 9.59 Å². The van der Waals surface area contributed by atoms with Crippen LogP contribution in [0.25, 0.3) is 10.9 Å². The lowest BCUT2D eigenvalue weighted by Crippen LogP contribution is -2.47. The number of likely N-dealkylation sites (tertiary alicyclic amines) is 1. The zero-order valence-electron chi connectivity index (χ0n) is 19.0. The van der Waals surface area contributed by atoms with Crippen molar-refractivity contribution in [3.05, 3.63) is 95.3 Å². The first-order chi connectivity index (χ1) is 17.1. The molecule has 0 saturated carbocycles. The highest BCUT2D eigenvalue weighted by atomic mass is 35.5. The number of fused-ring (bicyclic) bond motifs is 1. The number of carbonyl (C=O) groups is 2. The number of pyridine rings is 1. The van der Waals surface area contributed by atoms with Gasteiger partial charge in [-0.25, -0.2) is 4.98 Å². The molecule has 1 atom stereocenters. The van der Waals surface area contributed by atoms with Gasteiger partial charge < -0.3 is 19.9 Å². The topological polar surface area (TPSA) is 87.3 Å². The number of aromatic amines is 1. The molecule has 0 radical (unpaired) electrons. The van der Waals surface area contributed by atoms with E-state index in [4.69, 9.17) is 16.3 Å². The summed E-state index contributed by atoms with van der Waals surface area (Å²) < 4.78 is 5.96. The molecule has 2 aromatic heterocycles. The molecular weight excluding hydrogens is 464 g/mol. The van der Waals surface area contributed by atoms with E-state index in [2.05, 4.69) is 15.3 Å². The number of hydrogen-bond donors (Lipinski definition) is 2. The minimum Gasteiger partial charge on any atom is -0.474 e. The standard InChI is InChI=1S/C27H25ClN4O3/c28-22-17-30-23-16-19(9-10-21(22)23)26(33)31-25(18-6-2-1-3-7-18)27(34)32-14-11-20(12-15-32)35-24-8-4-5-13-29-24/h1-10,13,16-17,20,25,30H,11-12,14-15H2,(H,31,33). The largest absolute Gasteiger partial charge is 0.474 e. The predicted octanol–water partition coefficient (Wildman–Crippen LogP) is 4.76. The van der Waals surface area contributed by atoms with Crippen LogP contribution in [0.5, 0.6) is 5.88 Å². The van der Waals surface area contributed by atoms with Crippen molar-refractivity contribution in [1.82, 2.24) is 20.2 Å². The summed E-state index contributed by atoms with van der Waals surface area (Å²) in [5.41, 5.74) is 1.95. The highest BCUT2D eigenvalue weighted by Crippen LogP contribution is 2.25. The summed E-state index contributed by atoms with van der Waals surface area (Å²) in [5.74, 6) is 0.130. The second-order valence-corrected chi connectivity index (χ2v) is 8.93. The number of H-pyrrole nitrogens is 1. The number of hydrogen-bond acceptors (Lipinski definition) is 4. The van der Waals surface area contributed by atoms with Crippen LogP contribution in [0.4, 0.5) is 0 Å². The number of amides is 2. The molecule has 5 rings (SSSR count). The molecule has 1 aliphatic heterocycles. The molecule has 8 heteroatoms. The average Bonchev–Trinajstić information content (AvgIpc) is 3.28. The van der Waals surface area contributed by atoms with E-state index in [1.807, 2.05) is 48.5 Å². The van der Waals surface area contributed by atoms with E-state index in [9.17, 15) is 9.59 Å². The van der Waals surface area contributed by atoms with Crippen molar-refractivity contribution in [2.24, 2.45) is 0 Å². The van der Waals surface area contributed by atoms with E-state index in [1.54, 1.807) is 35.5 Å². The fraction of sp³-hybridized carbons (Fsp3) is 0.222. The Bertz CT molecular complexity index is 1320. The zero-order chi connectivity index (χ0) is 24.2. The van der Waals surface area contributed by atoms with Gasteiger partial charge in [0.1, 0.15) is 12.1 Å². The van der Waals surface area contributed by atoms with Crippen LogP contribution in [-0.4, -0.2) is 45.9 Å². The van der Waals surface area contributed by atoms with Crippen molar-refractivity contribution in [3.63, 3.8) is 0 Å². The van der Waals surface area contributed by atoms with Crippen LogP contribution in [0.1, 0.15) is 34.8 Å². The molecule has 35 heavy (non-hydrogen) atoms. The lowest BCUT2D eigenvalue weighted by Gasteiger charge is -2.34. The third-order valence-electron chi connectivity index (χ3n) is 6.23. The Hall–Kier alpha value is -3.84. The Balaban J connectivity index is 1.29. The number of nitrogens with one attached hydrogen (secondary N) is 2. The summed E-state index contributed by atoms with van der Waals surface area (Å²) in [7, 11) is 0. The van der Waals surface area contributed by atoms with E-state index in [-0.39, 0.29) is 17.9 Å². The maximum Gasteiger partial charge on any atom is 0.252 e. The van der Waals surface area contributed by atoms with Crippen LogP contribution >= 0.6 is 11.6 Å². The molecule has 0 bridgehead atoms. The number of aromatic nitrogens is 2. The van der Waals surface area contributed by atoms with Gasteiger partial charge in [-0.1, -0.05) is 54.1 Å². The maximum absolute atomic E-state index is 13.6. The van der Waals surface area contributed by atoms with Gasteiger partial charge in [-0.05, 0) is 23.8 Å². The molecule has 2 aromatic carbocycles. The van der Waals surface area contributed by atoms with E-state index in [1.165, 1.54) is 0 Å². The van der Waals surface area contributed by atoms with E-state index in [0.29, 0.717) is 42.4 Å². The highest BCUT2D eigenvalue weighted by Gasteiger charge is 2.31. The minimum absolute atomic E-state index is 0.00179. The summed E-state index contributed by atoms with van der Waals surface area (Å²) in [6, 6.07) is 19.3. The molecule has 3 heterocycles. The van der Waals surface area contributed by atoms with Gasteiger partial charge in [0, 0.05) is 60.9 Å². The molecule has 4 aromatic rings. The summed E-state index contributed by atoms with van der Waals surface area (Å²) in [6.07, 6.45) is 4.77. The highest BCUT2D eigenvalue weighted by molar-refractivity contribution is 6.35. The van der Waals surface area contributed by atoms with Crippen LogP contribution in [0.15, 0.2) is 79.1 Å². The average molecular weight is 489 g/mol. The zero-order valence-corrected chi connectivity index (χ0v) is 19.7. The molecule has 0 aliphatic carbocycles. The Labute approximate surface area is 208 Å². The van der Waals surface area contributed by atoms with Gasteiger partial charge in [0.15, 0.2) is 0 Å². The molecule has 0 spiro atoms. The number of carbonyl (C=O) groups excluding carboxylic acids is 2. The lowest BCUT2D eigenvalue weighted by molar-refractivity contribution is -0.135. The van der Waals surface area contributed by atoms with Crippen molar-refractivity contribution in [2.45, 2.75) is 25.0 Å². The first-order valence-electron chi connectivity index (χ1n) is 11.6. The summed E-state index contributed by atoms with van der Waals surface area (Å²) in [5, 5.41) is 4.39. The monoisotopic (exact) mass is 488 g/mol. The summed E-state index contributed by atoms with van der Waals surface area (Å²) in [4.78, 5) is 35.8. The molecule has 1 aliphatic rings. The van der Waals surface area contributed by atoms with Crippen LogP contribution in [0.2, 0.25) is 5.02 Å². The maximum atomic E-state index is 13.6. The Morgan fingerprint density at radius 2 is 1.83 bits per heavy atom. The molecule has 1 unspecified atom stereocenters. The van der Waals surface area contributed by atoms with Crippen LogP contribution in [-0.2, 0) is 4.79 Å². The Morgan fingerprint density at radius 3 is 2.57 bits per heavy atom. The van der Waals surface area contributed by atoms with Gasteiger partial charge in [0.05, 0.1) is 5.02 Å². The molecule has 7 nitrogen and oxygen atoms in total. The van der Waals surface area contributed by atoms with E-state index >= 15 is 0 Å². The molecule has 2 N–H and O–H groups in total. The summed E-state index contributed by atoms with van der Waals surface area (Å²) in [6.45, 7) is 1.09. The predicted molar refractivity (Wildman–Crippen MR) is 134 cm³/mol. The normalized spacial score (nSPS) is 15.1. The van der Waals surface area contributed by atoms with Gasteiger partial charge in [0.25, 0.3) is 5.91 Å². The second-order valence-electron chi connectivity index (χ2n) is 8.52. The lowest BCUT2D eigenvalue weighted by atomic mass is 10.0. The first kappa shape index (κ1) is 22.9. The molecule has 2 amide bonds. The number of halogens is 1. The van der Waals surface area contributed by atoms with Gasteiger partial charge in [-0.2, -0.15) is 0 Å². The summed E-state index contributed by atoms with van der Waals surface area (Å²) >= 11 is 6.16. The van der Waals surface area contributed by atoms with E-state index in [0.717, 1.165) is 16.5 Å². The van der Waals surface area contributed by atoms with Crippen LogP contribution < -0.4 is 10.1 Å². The molecular formula is C27H25ClN4O3. The number of nitrogens with zero attached hydrogens (tertiary/aromatic N) is 2. The molecule has 1 saturated heterocycles. The van der Waals surface area contributed by atoms with Crippen molar-refractivity contribution < 1.29 is 14.3 Å².